The SMILES string of the molecule is Nc1ccc2c(c1)CCN2Cc1ccc(Cl)s1. The summed E-state index contributed by atoms with van der Waals surface area (Å²) >= 11 is 7.60. The van der Waals surface area contributed by atoms with Crippen molar-refractivity contribution in [1.82, 2.24) is 0 Å². The van der Waals surface area contributed by atoms with Crippen molar-refractivity contribution in [3.8, 4) is 0 Å². The quantitative estimate of drug-likeness (QED) is 0.841. The first kappa shape index (κ1) is 10.9. The van der Waals surface area contributed by atoms with E-state index in [0.29, 0.717) is 0 Å². The lowest BCUT2D eigenvalue weighted by molar-refractivity contribution is 0.846. The molecule has 88 valence electrons. The van der Waals surface area contributed by atoms with Crippen molar-refractivity contribution in [1.29, 1.82) is 0 Å². The third-order valence-electron chi connectivity index (χ3n) is 3.07. The average molecular weight is 265 g/mol. The monoisotopic (exact) mass is 264 g/mol. The molecule has 1 aromatic carbocycles. The highest BCUT2D eigenvalue weighted by Crippen LogP contribution is 2.32. The van der Waals surface area contributed by atoms with E-state index in [1.54, 1.807) is 11.3 Å². The summed E-state index contributed by atoms with van der Waals surface area (Å²) in [6, 6.07) is 10.2. The molecule has 4 heteroatoms. The van der Waals surface area contributed by atoms with Crippen LogP contribution in [-0.4, -0.2) is 6.54 Å². The zero-order valence-corrected chi connectivity index (χ0v) is 10.9. The molecule has 0 bridgehead atoms. The number of thiophene rings is 1. The smallest absolute Gasteiger partial charge is 0.0931 e. The molecule has 0 radical (unpaired) electrons. The number of benzene rings is 1. The van der Waals surface area contributed by atoms with Gasteiger partial charge in [-0.3, -0.25) is 0 Å². The number of anilines is 2. The topological polar surface area (TPSA) is 29.3 Å². The van der Waals surface area contributed by atoms with Crippen LogP contribution in [0.4, 0.5) is 11.4 Å². The maximum atomic E-state index is 5.95. The van der Waals surface area contributed by atoms with Crippen LogP contribution in [0.2, 0.25) is 4.34 Å². The maximum absolute atomic E-state index is 5.95. The second-order valence-electron chi connectivity index (χ2n) is 4.27. The fraction of sp³-hybridized carbons (Fsp3) is 0.231. The lowest BCUT2D eigenvalue weighted by Gasteiger charge is -2.18. The molecule has 0 unspecified atom stereocenters. The molecule has 1 aliphatic heterocycles. The Kier molecular flexibility index (Phi) is 2.73. The molecule has 3 rings (SSSR count). The molecule has 0 atom stereocenters. The number of rotatable bonds is 2. The van der Waals surface area contributed by atoms with Crippen LogP contribution < -0.4 is 10.6 Å². The predicted octanol–water partition coefficient (Wildman–Crippen LogP) is 3.55. The minimum absolute atomic E-state index is 0.852. The van der Waals surface area contributed by atoms with Crippen molar-refractivity contribution in [3.63, 3.8) is 0 Å². The van der Waals surface area contributed by atoms with Crippen molar-refractivity contribution in [2.45, 2.75) is 13.0 Å². The van der Waals surface area contributed by atoms with Crippen LogP contribution in [0.5, 0.6) is 0 Å². The molecule has 1 aliphatic rings. The fourth-order valence-corrected chi connectivity index (χ4v) is 3.38. The van der Waals surface area contributed by atoms with Gasteiger partial charge in [-0.1, -0.05) is 11.6 Å². The summed E-state index contributed by atoms with van der Waals surface area (Å²) in [7, 11) is 0. The number of hydrogen-bond acceptors (Lipinski definition) is 3. The van der Waals surface area contributed by atoms with E-state index in [9.17, 15) is 0 Å². The van der Waals surface area contributed by atoms with Crippen LogP contribution in [0.3, 0.4) is 0 Å². The highest BCUT2D eigenvalue weighted by atomic mass is 35.5. The number of nitrogens with two attached hydrogens (primary N) is 1. The van der Waals surface area contributed by atoms with Gasteiger partial charge < -0.3 is 10.6 Å². The van der Waals surface area contributed by atoms with E-state index in [0.717, 1.165) is 29.5 Å². The second-order valence-corrected chi connectivity index (χ2v) is 6.07. The van der Waals surface area contributed by atoms with Crippen molar-refractivity contribution < 1.29 is 0 Å². The predicted molar refractivity (Wildman–Crippen MR) is 74.9 cm³/mol. The van der Waals surface area contributed by atoms with E-state index in [-0.39, 0.29) is 0 Å². The molecular weight excluding hydrogens is 252 g/mol. The molecule has 0 saturated carbocycles. The van der Waals surface area contributed by atoms with Crippen molar-refractivity contribution in [2.75, 3.05) is 17.2 Å². The van der Waals surface area contributed by atoms with Gasteiger partial charge in [0.15, 0.2) is 0 Å². The van der Waals surface area contributed by atoms with Crippen LogP contribution >= 0.6 is 22.9 Å². The average Bonchev–Trinajstić information content (AvgIpc) is 2.86. The molecule has 2 heterocycles. The Bertz CT molecular complexity index is 550. The molecule has 2 nitrogen and oxygen atoms in total. The number of hydrogen-bond donors (Lipinski definition) is 1. The number of nitrogen functional groups attached to an aromatic ring is 1. The van der Waals surface area contributed by atoms with E-state index in [1.165, 1.54) is 16.1 Å². The molecule has 0 saturated heterocycles. The molecule has 2 aromatic rings. The maximum Gasteiger partial charge on any atom is 0.0931 e. The van der Waals surface area contributed by atoms with Gasteiger partial charge in [-0.2, -0.15) is 0 Å². The van der Waals surface area contributed by atoms with Gasteiger partial charge >= 0.3 is 0 Å². The molecular formula is C13H13ClN2S. The van der Waals surface area contributed by atoms with Gasteiger partial charge in [0.1, 0.15) is 0 Å². The number of halogens is 1. The van der Waals surface area contributed by atoms with E-state index >= 15 is 0 Å². The van der Waals surface area contributed by atoms with Crippen molar-refractivity contribution in [2.24, 2.45) is 0 Å². The van der Waals surface area contributed by atoms with Crippen LogP contribution in [0.15, 0.2) is 30.3 Å². The second kappa shape index (κ2) is 4.24. The molecule has 0 aliphatic carbocycles. The van der Waals surface area contributed by atoms with Gasteiger partial charge in [0, 0.05) is 22.8 Å². The molecule has 0 amide bonds. The first-order valence-corrected chi connectivity index (χ1v) is 6.79. The minimum Gasteiger partial charge on any atom is -0.399 e. The number of nitrogens with zero attached hydrogens (tertiary/aromatic N) is 1. The van der Waals surface area contributed by atoms with Gasteiger partial charge in [0.05, 0.1) is 10.9 Å². The summed E-state index contributed by atoms with van der Waals surface area (Å²) in [6.45, 7) is 2.00. The Morgan fingerprint density at radius 2 is 2.18 bits per heavy atom. The van der Waals surface area contributed by atoms with Gasteiger partial charge in [-0.15, -0.1) is 11.3 Å². The van der Waals surface area contributed by atoms with E-state index in [1.807, 2.05) is 12.1 Å². The van der Waals surface area contributed by atoms with Crippen LogP contribution in [0, 0.1) is 0 Å². The fourth-order valence-electron chi connectivity index (χ4n) is 2.28. The van der Waals surface area contributed by atoms with Crippen LogP contribution in [-0.2, 0) is 13.0 Å². The molecule has 0 spiro atoms. The Morgan fingerprint density at radius 1 is 1.29 bits per heavy atom. The third-order valence-corrected chi connectivity index (χ3v) is 4.29. The van der Waals surface area contributed by atoms with Crippen molar-refractivity contribution >= 4 is 34.3 Å². The minimum atomic E-state index is 0.852. The summed E-state index contributed by atoms with van der Waals surface area (Å²) in [6.07, 6.45) is 1.08. The molecule has 17 heavy (non-hydrogen) atoms. The van der Waals surface area contributed by atoms with Gasteiger partial charge in [0.25, 0.3) is 0 Å². The Balaban J connectivity index is 1.84. The zero-order valence-electron chi connectivity index (χ0n) is 9.32. The zero-order chi connectivity index (χ0) is 11.8. The van der Waals surface area contributed by atoms with E-state index in [4.69, 9.17) is 17.3 Å². The molecule has 0 fully saturated rings. The van der Waals surface area contributed by atoms with Crippen LogP contribution in [0.1, 0.15) is 10.4 Å². The lowest BCUT2D eigenvalue weighted by Crippen LogP contribution is -2.18. The van der Waals surface area contributed by atoms with Crippen LogP contribution in [0.25, 0.3) is 0 Å². The molecule has 2 N–H and O–H groups in total. The van der Waals surface area contributed by atoms with Gasteiger partial charge in [-0.05, 0) is 42.3 Å². The highest BCUT2D eigenvalue weighted by molar-refractivity contribution is 7.16. The first-order chi connectivity index (χ1) is 8.22. The summed E-state index contributed by atoms with van der Waals surface area (Å²) in [4.78, 5) is 3.69. The normalized spacial score (nSPS) is 14.1. The standard InChI is InChI=1S/C13H13ClN2S/c14-13-4-2-11(17-13)8-16-6-5-9-7-10(15)1-3-12(9)16/h1-4,7H,5-6,8,15H2. The lowest BCUT2D eigenvalue weighted by atomic mass is 10.1. The molecule has 1 aromatic heterocycles. The number of fused-ring (bicyclic) bond motifs is 1. The third kappa shape index (κ3) is 2.13. The first-order valence-electron chi connectivity index (χ1n) is 5.60. The van der Waals surface area contributed by atoms with Crippen molar-refractivity contribution in [3.05, 3.63) is 45.1 Å². The highest BCUT2D eigenvalue weighted by Gasteiger charge is 2.19. The summed E-state index contributed by atoms with van der Waals surface area (Å²) < 4.78 is 0.858. The van der Waals surface area contributed by atoms with Gasteiger partial charge in [0.2, 0.25) is 0 Å². The Morgan fingerprint density at radius 3 is 2.94 bits per heavy atom. The summed E-state index contributed by atoms with van der Waals surface area (Å²) in [5.41, 5.74) is 9.31. The van der Waals surface area contributed by atoms with E-state index < -0.39 is 0 Å². The van der Waals surface area contributed by atoms with Gasteiger partial charge in [-0.25, -0.2) is 0 Å². The Hall–Kier alpha value is -1.19. The van der Waals surface area contributed by atoms with E-state index in [2.05, 4.69) is 23.1 Å². The summed E-state index contributed by atoms with van der Waals surface area (Å²) in [5, 5.41) is 0. The summed E-state index contributed by atoms with van der Waals surface area (Å²) in [5.74, 6) is 0. The largest absolute Gasteiger partial charge is 0.399 e. The Labute approximate surface area is 110 Å².